The first kappa shape index (κ1) is 24.6. The molecule has 3 rings (SSSR count). The monoisotopic (exact) mass is 497 g/mol. The molecular weight excluding hydrogens is 474 g/mol. The van der Waals surface area contributed by atoms with Gasteiger partial charge in [0.05, 0.1) is 15.2 Å². The van der Waals surface area contributed by atoms with Gasteiger partial charge < -0.3 is 4.57 Å². The molecule has 1 aliphatic carbocycles. The van der Waals surface area contributed by atoms with Crippen molar-refractivity contribution in [3.05, 3.63) is 41.6 Å². The highest BCUT2D eigenvalue weighted by atomic mass is 32.2. The van der Waals surface area contributed by atoms with Gasteiger partial charge in [-0.1, -0.05) is 0 Å². The molecular formula is C19H23F4N3O4S2. The predicted octanol–water partition coefficient (Wildman–Crippen LogP) is 3.20. The molecule has 0 atom stereocenters. The second-order valence-corrected chi connectivity index (χ2v) is 12.7. The zero-order valence-corrected chi connectivity index (χ0v) is 19.4. The Morgan fingerprint density at radius 3 is 2.19 bits per heavy atom. The number of sulfone groups is 1. The summed E-state index contributed by atoms with van der Waals surface area (Å²) >= 11 is 0. The molecule has 0 radical (unpaired) electrons. The topological polar surface area (TPSA) is 98.1 Å². The van der Waals surface area contributed by atoms with Gasteiger partial charge in [0, 0.05) is 19.3 Å². The standard InChI is InChI=1S/C19H23F4N3O4S2/c1-11-24-17(10-26(11)4)32(29,30)25-15-6-12(7-15)18(2,3)31(27,28)16-8-13(19(21,22)23)5-14(20)9-16/h5,8-10,12,15,25H,6-7H2,1-4H3/t12-,15+. The maximum atomic E-state index is 13.8. The summed E-state index contributed by atoms with van der Waals surface area (Å²) in [7, 11) is -6.63. The Hall–Kier alpha value is -1.99. The summed E-state index contributed by atoms with van der Waals surface area (Å²) in [5.41, 5.74) is -1.39. The van der Waals surface area contributed by atoms with E-state index in [1.54, 1.807) is 18.5 Å². The average Bonchev–Trinajstić information content (AvgIpc) is 2.96. The van der Waals surface area contributed by atoms with Crippen LogP contribution in [-0.2, 0) is 33.1 Å². The molecule has 1 aromatic carbocycles. The second kappa shape index (κ2) is 7.80. The molecule has 0 bridgehead atoms. The van der Waals surface area contributed by atoms with Crippen molar-refractivity contribution in [2.24, 2.45) is 13.0 Å². The van der Waals surface area contributed by atoms with E-state index in [0.29, 0.717) is 18.0 Å². The number of nitrogens with one attached hydrogen (secondary N) is 1. The average molecular weight is 498 g/mol. The third-order valence-corrected chi connectivity index (χ3v) is 9.97. The largest absolute Gasteiger partial charge is 0.416 e. The molecule has 1 aromatic heterocycles. The van der Waals surface area contributed by atoms with E-state index in [0.717, 1.165) is 0 Å². The van der Waals surface area contributed by atoms with Crippen molar-refractivity contribution >= 4 is 19.9 Å². The lowest BCUT2D eigenvalue weighted by molar-refractivity contribution is -0.137. The number of hydrogen-bond donors (Lipinski definition) is 1. The Morgan fingerprint density at radius 2 is 1.69 bits per heavy atom. The first-order valence-electron chi connectivity index (χ1n) is 9.60. The van der Waals surface area contributed by atoms with Crippen LogP contribution >= 0.6 is 0 Å². The van der Waals surface area contributed by atoms with Crippen LogP contribution in [0.4, 0.5) is 17.6 Å². The van der Waals surface area contributed by atoms with E-state index in [4.69, 9.17) is 0 Å². The SMILES string of the molecule is Cc1nc(S(=O)(=O)N[C@H]2C[C@@H](C(C)(C)S(=O)(=O)c3cc(F)cc(C(F)(F)F)c3)C2)cn1C. The Labute approximate surface area is 183 Å². The Bertz CT molecular complexity index is 1230. The van der Waals surface area contributed by atoms with Gasteiger partial charge in [-0.3, -0.25) is 0 Å². The van der Waals surface area contributed by atoms with E-state index in [1.165, 1.54) is 20.0 Å². The van der Waals surface area contributed by atoms with Crippen LogP contribution in [-0.4, -0.2) is 37.2 Å². The van der Waals surface area contributed by atoms with Gasteiger partial charge in [-0.15, -0.1) is 0 Å². The molecule has 1 saturated carbocycles. The molecule has 13 heteroatoms. The van der Waals surface area contributed by atoms with Gasteiger partial charge in [0.1, 0.15) is 11.6 Å². The van der Waals surface area contributed by atoms with Crippen LogP contribution in [0.25, 0.3) is 0 Å². The van der Waals surface area contributed by atoms with Crippen LogP contribution in [0.15, 0.2) is 34.3 Å². The highest BCUT2D eigenvalue weighted by Crippen LogP contribution is 2.44. The van der Waals surface area contributed by atoms with Crippen molar-refractivity contribution in [3.8, 4) is 0 Å². The summed E-state index contributed by atoms with van der Waals surface area (Å²) in [5.74, 6) is -1.36. The molecule has 0 unspecified atom stereocenters. The van der Waals surface area contributed by atoms with Crippen molar-refractivity contribution in [2.45, 2.75) is 60.5 Å². The summed E-state index contributed by atoms with van der Waals surface area (Å²) in [6, 6.07) is 0.663. The molecule has 32 heavy (non-hydrogen) atoms. The number of nitrogens with zero attached hydrogens (tertiary/aromatic N) is 2. The van der Waals surface area contributed by atoms with Crippen LogP contribution in [0.1, 0.15) is 38.1 Å². The van der Waals surface area contributed by atoms with Crippen molar-refractivity contribution in [3.63, 3.8) is 0 Å². The fourth-order valence-corrected chi connectivity index (χ4v) is 6.71. The zero-order valence-electron chi connectivity index (χ0n) is 17.7. The molecule has 0 amide bonds. The summed E-state index contributed by atoms with van der Waals surface area (Å²) in [6.45, 7) is 4.33. The summed E-state index contributed by atoms with van der Waals surface area (Å²) in [5, 5.41) is -0.160. The number of rotatable bonds is 6. The quantitative estimate of drug-likeness (QED) is 0.618. The third kappa shape index (κ3) is 4.42. The normalized spacial score (nSPS) is 20.2. The second-order valence-electron chi connectivity index (χ2n) is 8.50. The molecule has 1 N–H and O–H groups in total. The maximum absolute atomic E-state index is 13.8. The van der Waals surface area contributed by atoms with Gasteiger partial charge in [-0.05, 0) is 57.7 Å². The van der Waals surface area contributed by atoms with Crippen molar-refractivity contribution in [2.75, 3.05) is 0 Å². The highest BCUT2D eigenvalue weighted by molar-refractivity contribution is 7.92. The van der Waals surface area contributed by atoms with Gasteiger partial charge in [-0.25, -0.2) is 30.9 Å². The van der Waals surface area contributed by atoms with Crippen molar-refractivity contribution < 1.29 is 34.4 Å². The van der Waals surface area contributed by atoms with Crippen molar-refractivity contribution in [1.29, 1.82) is 0 Å². The number of hydrogen-bond acceptors (Lipinski definition) is 5. The fraction of sp³-hybridized carbons (Fsp3) is 0.526. The lowest BCUT2D eigenvalue weighted by atomic mass is 9.73. The van der Waals surface area contributed by atoms with Gasteiger partial charge in [0.15, 0.2) is 14.9 Å². The molecule has 178 valence electrons. The minimum Gasteiger partial charge on any atom is -0.337 e. The Kier molecular flexibility index (Phi) is 6.01. The van der Waals surface area contributed by atoms with E-state index in [9.17, 15) is 34.4 Å². The number of imidazole rings is 1. The fourth-order valence-electron chi connectivity index (χ4n) is 3.62. The lowest BCUT2D eigenvalue weighted by Gasteiger charge is -2.44. The molecule has 0 aliphatic heterocycles. The number of sulfonamides is 1. The Morgan fingerprint density at radius 1 is 1.09 bits per heavy atom. The van der Waals surface area contributed by atoms with Crippen LogP contribution < -0.4 is 4.72 Å². The molecule has 1 aliphatic rings. The number of aryl methyl sites for hydroxylation is 2. The highest BCUT2D eigenvalue weighted by Gasteiger charge is 2.50. The molecule has 0 saturated heterocycles. The van der Waals surface area contributed by atoms with Crippen LogP contribution in [0.5, 0.6) is 0 Å². The number of benzene rings is 1. The zero-order chi connectivity index (χ0) is 24.3. The van der Waals surface area contributed by atoms with E-state index in [2.05, 4.69) is 9.71 Å². The van der Waals surface area contributed by atoms with Crippen LogP contribution in [0.2, 0.25) is 0 Å². The summed E-state index contributed by atoms with van der Waals surface area (Å²) in [4.78, 5) is 3.20. The summed E-state index contributed by atoms with van der Waals surface area (Å²) in [6.07, 6.45) is -3.25. The van der Waals surface area contributed by atoms with E-state index < -0.39 is 59.0 Å². The molecule has 0 spiro atoms. The molecule has 1 heterocycles. The Balaban J connectivity index is 1.78. The van der Waals surface area contributed by atoms with Gasteiger partial charge in [-0.2, -0.15) is 13.2 Å². The number of aromatic nitrogens is 2. The van der Waals surface area contributed by atoms with Crippen LogP contribution in [0.3, 0.4) is 0 Å². The number of halogens is 4. The minimum atomic E-state index is -4.90. The van der Waals surface area contributed by atoms with E-state index in [1.807, 2.05) is 0 Å². The molecule has 1 fully saturated rings. The van der Waals surface area contributed by atoms with Crippen LogP contribution in [0, 0.1) is 18.7 Å². The predicted molar refractivity (Wildman–Crippen MR) is 107 cm³/mol. The number of alkyl halides is 3. The molecule has 7 nitrogen and oxygen atoms in total. The first-order valence-corrected chi connectivity index (χ1v) is 12.6. The minimum absolute atomic E-state index is 0.152. The first-order chi connectivity index (χ1) is 14.4. The lowest BCUT2D eigenvalue weighted by Crippen LogP contribution is -2.53. The third-order valence-electron chi connectivity index (χ3n) is 6.01. The van der Waals surface area contributed by atoms with Crippen molar-refractivity contribution in [1.82, 2.24) is 14.3 Å². The molecule has 2 aromatic rings. The summed E-state index contributed by atoms with van der Waals surface area (Å²) < 4.78 is 106. The smallest absolute Gasteiger partial charge is 0.337 e. The van der Waals surface area contributed by atoms with E-state index >= 15 is 0 Å². The maximum Gasteiger partial charge on any atom is 0.416 e. The van der Waals surface area contributed by atoms with E-state index in [-0.39, 0.29) is 23.9 Å². The van der Waals surface area contributed by atoms with Gasteiger partial charge in [0.25, 0.3) is 10.0 Å². The van der Waals surface area contributed by atoms with Gasteiger partial charge >= 0.3 is 6.18 Å². The van der Waals surface area contributed by atoms with Gasteiger partial charge in [0.2, 0.25) is 0 Å².